The first-order valence-corrected chi connectivity index (χ1v) is 5.65. The Morgan fingerprint density at radius 1 is 1.26 bits per heavy atom. The van der Waals surface area contributed by atoms with Crippen LogP contribution in [-0.4, -0.2) is 49.5 Å². The Hall–Kier alpha value is -1.76. The van der Waals surface area contributed by atoms with E-state index in [1.54, 1.807) is 20.8 Å². The highest BCUT2D eigenvalue weighted by atomic mass is 16.6. The zero-order chi connectivity index (χ0) is 15.1. The topological polar surface area (TPSA) is 91.3 Å². The van der Waals surface area contributed by atoms with Crippen molar-refractivity contribution in [1.82, 2.24) is 0 Å². The molecule has 0 fully saturated rings. The number of carbonyl (C=O) groups excluding carboxylic acids is 3. The van der Waals surface area contributed by atoms with E-state index in [9.17, 15) is 14.4 Å². The Kier molecular flexibility index (Phi) is 6.92. The molecule has 0 radical (unpaired) electrons. The fourth-order valence-corrected chi connectivity index (χ4v) is 0.852. The number of methoxy groups -OCH3 is 1. The van der Waals surface area contributed by atoms with Crippen molar-refractivity contribution in [3.8, 4) is 0 Å². The van der Waals surface area contributed by atoms with Crippen LogP contribution in [-0.2, 0) is 28.6 Å². The molecule has 0 aromatic rings. The fraction of sp³-hybridized carbons (Fsp3) is 0.667. The maximum Gasteiger partial charge on any atom is 0.356 e. The first-order valence-electron chi connectivity index (χ1n) is 5.65. The average Bonchev–Trinajstić information content (AvgIpc) is 2.25. The molecule has 0 amide bonds. The molecule has 0 aromatic heterocycles. The molecule has 0 aromatic carbocycles. The van der Waals surface area contributed by atoms with Crippen molar-refractivity contribution in [2.75, 3.05) is 13.7 Å². The molecule has 0 rings (SSSR count). The van der Waals surface area contributed by atoms with Crippen LogP contribution >= 0.6 is 0 Å². The van der Waals surface area contributed by atoms with Crippen LogP contribution in [0.1, 0.15) is 27.7 Å². The van der Waals surface area contributed by atoms with Gasteiger partial charge in [-0.2, -0.15) is 0 Å². The van der Waals surface area contributed by atoms with E-state index in [1.165, 1.54) is 14.0 Å². The van der Waals surface area contributed by atoms with Gasteiger partial charge in [0, 0.05) is 7.11 Å². The lowest BCUT2D eigenvalue weighted by atomic mass is 10.1. The Morgan fingerprint density at radius 3 is 2.32 bits per heavy atom. The van der Waals surface area contributed by atoms with E-state index in [2.05, 4.69) is 19.2 Å². The Balaban J connectivity index is 4.26. The largest absolute Gasteiger partial charge is 0.449 e. The zero-order valence-electron chi connectivity index (χ0n) is 11.8. The smallest absolute Gasteiger partial charge is 0.356 e. The molecule has 7 heteroatoms. The molecule has 0 aliphatic heterocycles. The Bertz CT molecular complexity index is 369. The maximum absolute atomic E-state index is 11.4. The van der Waals surface area contributed by atoms with Gasteiger partial charge in [-0.1, -0.05) is 0 Å². The van der Waals surface area contributed by atoms with Gasteiger partial charge < -0.3 is 14.2 Å². The summed E-state index contributed by atoms with van der Waals surface area (Å²) in [4.78, 5) is 37.6. The average molecular weight is 273 g/mol. The Morgan fingerprint density at radius 2 is 1.84 bits per heavy atom. The predicted octanol–water partition coefficient (Wildman–Crippen LogP) is 0.504. The molecule has 0 N–H and O–H groups in total. The number of ether oxygens (including phenoxy) is 3. The van der Waals surface area contributed by atoms with E-state index in [4.69, 9.17) is 0 Å². The molecular weight excluding hydrogens is 254 g/mol. The van der Waals surface area contributed by atoms with Gasteiger partial charge in [0.2, 0.25) is 0 Å². The second-order valence-electron chi connectivity index (χ2n) is 4.73. The standard InChI is InChI=1S/C12H19NO6/c1-8(18-10(15)7-17-5)11(16)19-9(14)6-13-12(2,3)4/h6,8H,7H2,1-5H3/b13-6+. The number of hydrogen-bond acceptors (Lipinski definition) is 7. The lowest BCUT2D eigenvalue weighted by Gasteiger charge is -2.12. The number of nitrogens with zero attached hydrogens (tertiary/aromatic N) is 1. The summed E-state index contributed by atoms with van der Waals surface area (Å²) in [7, 11) is 1.32. The van der Waals surface area contributed by atoms with Crippen molar-refractivity contribution < 1.29 is 28.6 Å². The maximum atomic E-state index is 11.4. The van der Waals surface area contributed by atoms with Crippen molar-refractivity contribution in [1.29, 1.82) is 0 Å². The molecule has 7 nitrogen and oxygen atoms in total. The van der Waals surface area contributed by atoms with Gasteiger partial charge in [0.25, 0.3) is 0 Å². The van der Waals surface area contributed by atoms with E-state index >= 15 is 0 Å². The molecular formula is C12H19NO6. The second kappa shape index (κ2) is 7.63. The lowest BCUT2D eigenvalue weighted by Crippen LogP contribution is -2.30. The summed E-state index contributed by atoms with van der Waals surface area (Å²) in [6.07, 6.45) is -0.267. The van der Waals surface area contributed by atoms with Crippen LogP contribution in [0.2, 0.25) is 0 Å². The molecule has 108 valence electrons. The van der Waals surface area contributed by atoms with Gasteiger partial charge in [-0.15, -0.1) is 0 Å². The minimum atomic E-state index is -1.19. The number of carbonyl (C=O) groups is 3. The van der Waals surface area contributed by atoms with E-state index in [0.29, 0.717) is 0 Å². The predicted molar refractivity (Wildman–Crippen MR) is 66.8 cm³/mol. The number of esters is 3. The second-order valence-corrected chi connectivity index (χ2v) is 4.73. The SMILES string of the molecule is COCC(=O)OC(C)C(=O)OC(=O)/C=N/C(C)(C)C. The fourth-order valence-electron chi connectivity index (χ4n) is 0.852. The molecule has 0 aliphatic rings. The minimum Gasteiger partial charge on any atom is -0.449 e. The molecule has 0 heterocycles. The van der Waals surface area contributed by atoms with E-state index in [0.717, 1.165) is 6.21 Å². The van der Waals surface area contributed by atoms with Crippen molar-refractivity contribution in [3.63, 3.8) is 0 Å². The third-order valence-electron chi connectivity index (χ3n) is 1.66. The third-order valence-corrected chi connectivity index (χ3v) is 1.66. The summed E-state index contributed by atoms with van der Waals surface area (Å²) in [5.74, 6) is -2.59. The molecule has 1 atom stereocenters. The molecule has 19 heavy (non-hydrogen) atoms. The molecule has 0 bridgehead atoms. The van der Waals surface area contributed by atoms with Crippen molar-refractivity contribution >= 4 is 24.1 Å². The number of rotatable bonds is 5. The van der Waals surface area contributed by atoms with Gasteiger partial charge >= 0.3 is 17.9 Å². The van der Waals surface area contributed by atoms with Gasteiger partial charge in [-0.3, -0.25) is 4.99 Å². The number of aliphatic imine (C=N–C) groups is 1. The molecule has 0 saturated carbocycles. The monoisotopic (exact) mass is 273 g/mol. The third kappa shape index (κ3) is 8.90. The van der Waals surface area contributed by atoms with Gasteiger partial charge in [-0.25, -0.2) is 14.4 Å². The first-order chi connectivity index (χ1) is 8.65. The van der Waals surface area contributed by atoms with Crippen molar-refractivity contribution in [2.24, 2.45) is 4.99 Å². The lowest BCUT2D eigenvalue weighted by molar-refractivity contribution is -0.171. The van der Waals surface area contributed by atoms with Crippen LogP contribution in [0.3, 0.4) is 0 Å². The normalized spacial score (nSPS) is 13.1. The van der Waals surface area contributed by atoms with Gasteiger partial charge in [-0.05, 0) is 27.7 Å². The van der Waals surface area contributed by atoms with Crippen molar-refractivity contribution in [2.45, 2.75) is 39.3 Å². The van der Waals surface area contributed by atoms with Crippen LogP contribution in [0.5, 0.6) is 0 Å². The highest BCUT2D eigenvalue weighted by molar-refractivity contribution is 6.25. The first kappa shape index (κ1) is 17.2. The highest BCUT2D eigenvalue weighted by Gasteiger charge is 2.21. The summed E-state index contributed by atoms with van der Waals surface area (Å²) >= 11 is 0. The van der Waals surface area contributed by atoms with Crippen molar-refractivity contribution in [3.05, 3.63) is 0 Å². The highest BCUT2D eigenvalue weighted by Crippen LogP contribution is 2.04. The molecule has 1 unspecified atom stereocenters. The summed E-state index contributed by atoms with van der Waals surface area (Å²) in [6.45, 7) is 6.37. The Labute approximate surface area is 111 Å². The molecule has 0 saturated heterocycles. The molecule has 0 aliphatic carbocycles. The van der Waals surface area contributed by atoms with E-state index < -0.39 is 29.6 Å². The summed E-state index contributed by atoms with van der Waals surface area (Å²) < 4.78 is 13.6. The zero-order valence-corrected chi connectivity index (χ0v) is 11.8. The summed E-state index contributed by atoms with van der Waals surface area (Å²) in [6, 6.07) is 0. The van der Waals surface area contributed by atoms with Crippen LogP contribution in [0.25, 0.3) is 0 Å². The van der Waals surface area contributed by atoms with Crippen LogP contribution in [0.15, 0.2) is 4.99 Å². The van der Waals surface area contributed by atoms with E-state index in [-0.39, 0.29) is 6.61 Å². The van der Waals surface area contributed by atoms with Crippen LogP contribution in [0.4, 0.5) is 0 Å². The number of hydrogen-bond donors (Lipinski definition) is 0. The van der Waals surface area contributed by atoms with Crippen LogP contribution in [0, 0.1) is 0 Å². The van der Waals surface area contributed by atoms with Gasteiger partial charge in [0.15, 0.2) is 6.10 Å². The molecule has 0 spiro atoms. The van der Waals surface area contributed by atoms with E-state index in [1.807, 2.05) is 0 Å². The van der Waals surface area contributed by atoms with Crippen LogP contribution < -0.4 is 0 Å². The summed E-state index contributed by atoms with van der Waals surface area (Å²) in [5, 5.41) is 0. The summed E-state index contributed by atoms with van der Waals surface area (Å²) in [5.41, 5.74) is -0.446. The van der Waals surface area contributed by atoms with Gasteiger partial charge in [0.05, 0.1) is 5.54 Å². The minimum absolute atomic E-state index is 0.281. The quantitative estimate of drug-likeness (QED) is 0.411. The van der Waals surface area contributed by atoms with Gasteiger partial charge in [0.1, 0.15) is 12.8 Å².